The second-order valence-electron chi connectivity index (χ2n) is 2.91. The van der Waals surface area contributed by atoms with Crippen molar-refractivity contribution in [1.82, 2.24) is 0 Å². The Morgan fingerprint density at radius 2 is 1.92 bits per heavy atom. The molecule has 0 rings (SSSR count). The van der Waals surface area contributed by atoms with Crippen molar-refractivity contribution in [2.24, 2.45) is 5.73 Å². The predicted octanol–water partition coefficient (Wildman–Crippen LogP) is 3.32. The third-order valence-electron chi connectivity index (χ3n) is 1.72. The maximum atomic E-state index is 5.49. The summed E-state index contributed by atoms with van der Waals surface area (Å²) in [7, 11) is 0. The molecule has 0 bridgehead atoms. The van der Waals surface area contributed by atoms with Crippen molar-refractivity contribution in [3.63, 3.8) is 0 Å². The average Bonchev–Trinajstić information content (AvgIpc) is 2.10. The molecule has 0 saturated carbocycles. The van der Waals surface area contributed by atoms with Gasteiger partial charge in [-0.3, -0.25) is 0 Å². The normalized spacial score (nSPS) is 12.9. The van der Waals surface area contributed by atoms with E-state index in [0.717, 1.165) is 18.5 Å². The summed E-state index contributed by atoms with van der Waals surface area (Å²) in [5.74, 6) is 0. The van der Waals surface area contributed by atoms with E-state index in [-0.39, 0.29) is 0 Å². The summed E-state index contributed by atoms with van der Waals surface area (Å²) in [6, 6.07) is 0. The van der Waals surface area contributed by atoms with Gasteiger partial charge in [0.25, 0.3) is 0 Å². The van der Waals surface area contributed by atoms with Crippen molar-refractivity contribution in [1.29, 1.82) is 0 Å². The molecule has 1 heteroatoms. The van der Waals surface area contributed by atoms with Gasteiger partial charge in [0, 0.05) is 5.70 Å². The van der Waals surface area contributed by atoms with Gasteiger partial charge in [-0.05, 0) is 26.7 Å². The molecule has 0 aromatic heterocycles. The van der Waals surface area contributed by atoms with Gasteiger partial charge in [-0.2, -0.15) is 0 Å². The maximum absolute atomic E-state index is 5.49. The summed E-state index contributed by atoms with van der Waals surface area (Å²) in [5.41, 5.74) is 7.54. The van der Waals surface area contributed by atoms with Crippen LogP contribution in [0.15, 0.2) is 48.2 Å². The lowest BCUT2D eigenvalue weighted by molar-refractivity contribution is 0.934. The Kier molecular flexibility index (Phi) is 6.70. The number of hydrogen-bond donors (Lipinski definition) is 1. The van der Waals surface area contributed by atoms with Crippen LogP contribution < -0.4 is 5.73 Å². The standard InChI is InChI=1S/C12H19N/c1-4-6-7-8-12(5-2)10-9-11(3)13/h4-8H,3,9-10,13H2,1-2H3/b6-4-,8-7-,12-5+. The molecule has 72 valence electrons. The molecule has 0 saturated heterocycles. The van der Waals surface area contributed by atoms with Crippen LogP contribution in [0.2, 0.25) is 0 Å². The van der Waals surface area contributed by atoms with Gasteiger partial charge in [-0.1, -0.05) is 42.5 Å². The molecule has 0 aliphatic carbocycles. The van der Waals surface area contributed by atoms with E-state index in [1.165, 1.54) is 5.57 Å². The zero-order chi connectivity index (χ0) is 10.1. The molecular weight excluding hydrogens is 158 g/mol. The second kappa shape index (κ2) is 7.41. The number of nitrogens with two attached hydrogens (primary N) is 1. The van der Waals surface area contributed by atoms with Crippen LogP contribution in [-0.2, 0) is 0 Å². The van der Waals surface area contributed by atoms with Crippen LogP contribution >= 0.6 is 0 Å². The van der Waals surface area contributed by atoms with Gasteiger partial charge < -0.3 is 5.73 Å². The molecule has 0 aromatic carbocycles. The summed E-state index contributed by atoms with van der Waals surface area (Å²) < 4.78 is 0. The summed E-state index contributed by atoms with van der Waals surface area (Å²) >= 11 is 0. The number of hydrogen-bond acceptors (Lipinski definition) is 1. The van der Waals surface area contributed by atoms with Crippen molar-refractivity contribution >= 4 is 0 Å². The number of allylic oxidation sites excluding steroid dienone is 7. The molecule has 0 spiro atoms. The smallest absolute Gasteiger partial charge is 0.00108 e. The largest absolute Gasteiger partial charge is 0.403 e. The lowest BCUT2D eigenvalue weighted by Crippen LogP contribution is -1.94. The number of rotatable bonds is 5. The van der Waals surface area contributed by atoms with Gasteiger partial charge in [-0.15, -0.1) is 0 Å². The Morgan fingerprint density at radius 3 is 2.38 bits per heavy atom. The molecule has 0 unspecified atom stereocenters. The fourth-order valence-corrected chi connectivity index (χ4v) is 0.919. The topological polar surface area (TPSA) is 26.0 Å². The summed E-state index contributed by atoms with van der Waals surface area (Å²) in [6.07, 6.45) is 12.1. The van der Waals surface area contributed by atoms with E-state index in [1.807, 2.05) is 32.1 Å². The summed E-state index contributed by atoms with van der Waals surface area (Å²) in [5, 5.41) is 0. The molecule has 1 nitrogen and oxygen atoms in total. The van der Waals surface area contributed by atoms with Crippen LogP contribution in [0.3, 0.4) is 0 Å². The van der Waals surface area contributed by atoms with Crippen LogP contribution in [0.4, 0.5) is 0 Å². The zero-order valence-electron chi connectivity index (χ0n) is 8.59. The quantitative estimate of drug-likeness (QED) is 0.640. The average molecular weight is 177 g/mol. The van der Waals surface area contributed by atoms with E-state index in [2.05, 4.69) is 18.7 Å². The second-order valence-corrected chi connectivity index (χ2v) is 2.91. The summed E-state index contributed by atoms with van der Waals surface area (Å²) in [4.78, 5) is 0. The minimum Gasteiger partial charge on any atom is -0.403 e. The lowest BCUT2D eigenvalue weighted by Gasteiger charge is -2.00. The van der Waals surface area contributed by atoms with Crippen LogP contribution in [0, 0.1) is 0 Å². The first-order valence-corrected chi connectivity index (χ1v) is 4.58. The van der Waals surface area contributed by atoms with E-state index in [1.54, 1.807) is 0 Å². The SMILES string of the molecule is C=C(N)CCC(/C=C\C=C/C)=C/C. The van der Waals surface area contributed by atoms with E-state index >= 15 is 0 Å². The van der Waals surface area contributed by atoms with Crippen LogP contribution in [0.25, 0.3) is 0 Å². The van der Waals surface area contributed by atoms with Gasteiger partial charge in [0.1, 0.15) is 0 Å². The molecule has 0 aliphatic heterocycles. The van der Waals surface area contributed by atoms with Gasteiger partial charge in [0.05, 0.1) is 0 Å². The van der Waals surface area contributed by atoms with Gasteiger partial charge in [0.2, 0.25) is 0 Å². The minimum atomic E-state index is 0.749. The Bertz CT molecular complexity index is 232. The monoisotopic (exact) mass is 177 g/mol. The van der Waals surface area contributed by atoms with Gasteiger partial charge >= 0.3 is 0 Å². The fourth-order valence-electron chi connectivity index (χ4n) is 0.919. The molecule has 0 aliphatic rings. The zero-order valence-corrected chi connectivity index (χ0v) is 8.59. The van der Waals surface area contributed by atoms with E-state index in [0.29, 0.717) is 0 Å². The van der Waals surface area contributed by atoms with Crippen LogP contribution in [0.5, 0.6) is 0 Å². The van der Waals surface area contributed by atoms with Crippen molar-refractivity contribution in [2.75, 3.05) is 0 Å². The Balaban J connectivity index is 3.98. The lowest BCUT2D eigenvalue weighted by atomic mass is 10.1. The first kappa shape index (κ1) is 11.8. The first-order chi connectivity index (χ1) is 6.20. The predicted molar refractivity (Wildman–Crippen MR) is 60.3 cm³/mol. The Morgan fingerprint density at radius 1 is 1.23 bits per heavy atom. The highest BCUT2D eigenvalue weighted by molar-refractivity contribution is 5.22. The highest BCUT2D eigenvalue weighted by Crippen LogP contribution is 2.08. The molecule has 0 radical (unpaired) electrons. The molecule has 0 fully saturated rings. The van der Waals surface area contributed by atoms with E-state index in [4.69, 9.17) is 5.73 Å². The third-order valence-corrected chi connectivity index (χ3v) is 1.72. The third kappa shape index (κ3) is 7.13. The van der Waals surface area contributed by atoms with Gasteiger partial charge in [-0.25, -0.2) is 0 Å². The molecule has 0 aromatic rings. The van der Waals surface area contributed by atoms with E-state index in [9.17, 15) is 0 Å². The van der Waals surface area contributed by atoms with Crippen molar-refractivity contribution in [3.8, 4) is 0 Å². The fraction of sp³-hybridized carbons (Fsp3) is 0.333. The Labute approximate surface area is 81.3 Å². The van der Waals surface area contributed by atoms with Crippen LogP contribution in [0.1, 0.15) is 26.7 Å². The molecular formula is C12H19N. The van der Waals surface area contributed by atoms with Gasteiger partial charge in [0.15, 0.2) is 0 Å². The van der Waals surface area contributed by atoms with E-state index < -0.39 is 0 Å². The Hall–Kier alpha value is -1.24. The molecule has 13 heavy (non-hydrogen) atoms. The molecule has 0 atom stereocenters. The first-order valence-electron chi connectivity index (χ1n) is 4.58. The van der Waals surface area contributed by atoms with Crippen LogP contribution in [-0.4, -0.2) is 0 Å². The molecule has 2 N–H and O–H groups in total. The minimum absolute atomic E-state index is 0.749. The highest BCUT2D eigenvalue weighted by Gasteiger charge is 1.91. The van der Waals surface area contributed by atoms with Crippen molar-refractivity contribution in [3.05, 3.63) is 48.2 Å². The van der Waals surface area contributed by atoms with Crippen molar-refractivity contribution < 1.29 is 0 Å². The molecule has 0 amide bonds. The van der Waals surface area contributed by atoms with Crippen molar-refractivity contribution in [2.45, 2.75) is 26.7 Å². The highest BCUT2D eigenvalue weighted by atomic mass is 14.5. The maximum Gasteiger partial charge on any atom is 0.00108 e. The molecule has 0 heterocycles. The summed E-state index contributed by atoms with van der Waals surface area (Å²) in [6.45, 7) is 7.71.